The van der Waals surface area contributed by atoms with Crippen LogP contribution in [0.1, 0.15) is 16.1 Å². The third kappa shape index (κ3) is 3.28. The highest BCUT2D eigenvalue weighted by atomic mass is 16.5. The van der Waals surface area contributed by atoms with Gasteiger partial charge in [-0.2, -0.15) is 0 Å². The molecule has 1 aromatic carbocycles. The van der Waals surface area contributed by atoms with Crippen molar-refractivity contribution >= 4 is 5.91 Å². The number of amides is 1. The van der Waals surface area contributed by atoms with Crippen molar-refractivity contribution in [1.82, 2.24) is 10.3 Å². The van der Waals surface area contributed by atoms with E-state index in [0.29, 0.717) is 29.4 Å². The molecule has 0 atom stereocenters. The van der Waals surface area contributed by atoms with Gasteiger partial charge in [-0.1, -0.05) is 0 Å². The number of hydrogen-bond donors (Lipinski definition) is 2. The Labute approximate surface area is 123 Å². The molecule has 0 bridgehead atoms. The van der Waals surface area contributed by atoms with Crippen molar-refractivity contribution in [2.75, 3.05) is 21.3 Å². The van der Waals surface area contributed by atoms with Crippen LogP contribution in [0, 0.1) is 0 Å². The summed E-state index contributed by atoms with van der Waals surface area (Å²) >= 11 is 0. The van der Waals surface area contributed by atoms with Gasteiger partial charge in [-0.05, 0) is 24.3 Å². The summed E-state index contributed by atoms with van der Waals surface area (Å²) in [4.78, 5) is 15.2. The molecular weight excluding hydrogens is 272 g/mol. The minimum atomic E-state index is -0.219. The van der Waals surface area contributed by atoms with Gasteiger partial charge in [0.25, 0.3) is 5.91 Å². The van der Waals surface area contributed by atoms with Gasteiger partial charge in [0, 0.05) is 17.5 Å². The molecule has 112 valence electrons. The third-order valence-electron chi connectivity index (χ3n) is 3.03. The standard InChI is InChI=1S/C15H18N2O4/c1-19-12-7-10(8-13(20-2)14(12)21-3)15(18)17-9-11-5-4-6-16-11/h4-8,16H,9H2,1-3H3,(H,17,18). The molecule has 1 aromatic heterocycles. The Morgan fingerprint density at radius 1 is 1.14 bits per heavy atom. The average molecular weight is 290 g/mol. The number of hydrogen-bond acceptors (Lipinski definition) is 4. The minimum Gasteiger partial charge on any atom is -0.493 e. The SMILES string of the molecule is COc1cc(C(=O)NCc2ccc[nH]2)cc(OC)c1OC. The van der Waals surface area contributed by atoms with Crippen LogP contribution in [0.3, 0.4) is 0 Å². The lowest BCUT2D eigenvalue weighted by atomic mass is 10.1. The maximum absolute atomic E-state index is 12.2. The number of methoxy groups -OCH3 is 3. The number of nitrogens with one attached hydrogen (secondary N) is 2. The number of aromatic amines is 1. The summed E-state index contributed by atoms with van der Waals surface area (Å²) < 4.78 is 15.7. The summed E-state index contributed by atoms with van der Waals surface area (Å²) in [5, 5.41) is 2.82. The molecule has 0 unspecified atom stereocenters. The highest BCUT2D eigenvalue weighted by Crippen LogP contribution is 2.38. The van der Waals surface area contributed by atoms with E-state index in [1.807, 2.05) is 12.1 Å². The zero-order chi connectivity index (χ0) is 15.2. The second-order valence-electron chi connectivity index (χ2n) is 4.29. The van der Waals surface area contributed by atoms with Crippen molar-refractivity contribution in [3.05, 3.63) is 41.7 Å². The summed E-state index contributed by atoms with van der Waals surface area (Å²) in [6, 6.07) is 7.01. The van der Waals surface area contributed by atoms with Crippen LogP contribution in [0.15, 0.2) is 30.5 Å². The molecule has 2 N–H and O–H groups in total. The van der Waals surface area contributed by atoms with Gasteiger partial charge < -0.3 is 24.5 Å². The summed E-state index contributed by atoms with van der Waals surface area (Å²) in [5.41, 5.74) is 1.37. The molecule has 1 heterocycles. The van der Waals surface area contributed by atoms with Gasteiger partial charge in [0.15, 0.2) is 11.5 Å². The van der Waals surface area contributed by atoms with Gasteiger partial charge in [-0.3, -0.25) is 4.79 Å². The molecule has 0 fully saturated rings. The van der Waals surface area contributed by atoms with Gasteiger partial charge in [0.05, 0.1) is 27.9 Å². The second kappa shape index (κ2) is 6.69. The first-order chi connectivity index (χ1) is 10.2. The van der Waals surface area contributed by atoms with Gasteiger partial charge in [0.2, 0.25) is 5.75 Å². The number of aromatic nitrogens is 1. The molecule has 6 heteroatoms. The summed E-state index contributed by atoms with van der Waals surface area (Å²) in [6.07, 6.45) is 1.81. The molecule has 0 saturated carbocycles. The van der Waals surface area contributed by atoms with E-state index in [4.69, 9.17) is 14.2 Å². The Morgan fingerprint density at radius 2 is 1.81 bits per heavy atom. The van der Waals surface area contributed by atoms with E-state index in [-0.39, 0.29) is 5.91 Å². The van der Waals surface area contributed by atoms with Crippen LogP contribution in [0.4, 0.5) is 0 Å². The first-order valence-electron chi connectivity index (χ1n) is 6.40. The predicted molar refractivity (Wildman–Crippen MR) is 78.1 cm³/mol. The molecule has 0 saturated heterocycles. The first-order valence-corrected chi connectivity index (χ1v) is 6.40. The van der Waals surface area contributed by atoms with E-state index in [1.165, 1.54) is 21.3 Å². The van der Waals surface area contributed by atoms with E-state index in [1.54, 1.807) is 18.3 Å². The maximum atomic E-state index is 12.2. The lowest BCUT2D eigenvalue weighted by Crippen LogP contribution is -2.23. The van der Waals surface area contributed by atoms with Crippen LogP contribution in [0.25, 0.3) is 0 Å². The topological polar surface area (TPSA) is 72.6 Å². The van der Waals surface area contributed by atoms with Crippen LogP contribution in [-0.4, -0.2) is 32.2 Å². The van der Waals surface area contributed by atoms with E-state index in [2.05, 4.69) is 10.3 Å². The fourth-order valence-corrected chi connectivity index (χ4v) is 1.97. The predicted octanol–water partition coefficient (Wildman–Crippen LogP) is 1.97. The van der Waals surface area contributed by atoms with Crippen LogP contribution < -0.4 is 19.5 Å². The average Bonchev–Trinajstić information content (AvgIpc) is 3.04. The van der Waals surface area contributed by atoms with Crippen LogP contribution >= 0.6 is 0 Å². The Balaban J connectivity index is 2.20. The van der Waals surface area contributed by atoms with Crippen molar-refractivity contribution in [2.45, 2.75) is 6.54 Å². The summed E-state index contributed by atoms with van der Waals surface area (Å²) in [7, 11) is 4.54. The molecule has 0 radical (unpaired) electrons. The highest BCUT2D eigenvalue weighted by molar-refractivity contribution is 5.95. The fraction of sp³-hybridized carbons (Fsp3) is 0.267. The number of ether oxygens (including phenoxy) is 3. The fourth-order valence-electron chi connectivity index (χ4n) is 1.97. The Morgan fingerprint density at radius 3 is 2.29 bits per heavy atom. The van der Waals surface area contributed by atoms with Crippen LogP contribution in [0.2, 0.25) is 0 Å². The number of carbonyl (C=O) groups excluding carboxylic acids is 1. The summed E-state index contributed by atoms with van der Waals surface area (Å²) in [6.45, 7) is 0.419. The monoisotopic (exact) mass is 290 g/mol. The number of benzene rings is 1. The van der Waals surface area contributed by atoms with Crippen LogP contribution in [0.5, 0.6) is 17.2 Å². The lowest BCUT2D eigenvalue weighted by Gasteiger charge is -2.14. The van der Waals surface area contributed by atoms with E-state index < -0.39 is 0 Å². The molecule has 21 heavy (non-hydrogen) atoms. The lowest BCUT2D eigenvalue weighted by molar-refractivity contribution is 0.0949. The van der Waals surface area contributed by atoms with E-state index in [9.17, 15) is 4.79 Å². The largest absolute Gasteiger partial charge is 0.493 e. The number of rotatable bonds is 6. The number of H-pyrrole nitrogens is 1. The third-order valence-corrected chi connectivity index (χ3v) is 3.03. The molecular formula is C15H18N2O4. The van der Waals surface area contributed by atoms with Crippen molar-refractivity contribution in [1.29, 1.82) is 0 Å². The Kier molecular flexibility index (Phi) is 4.71. The molecule has 0 aliphatic rings. The van der Waals surface area contributed by atoms with Gasteiger partial charge in [-0.15, -0.1) is 0 Å². The van der Waals surface area contributed by atoms with Crippen LogP contribution in [-0.2, 0) is 6.54 Å². The zero-order valence-electron chi connectivity index (χ0n) is 12.2. The smallest absolute Gasteiger partial charge is 0.251 e. The van der Waals surface area contributed by atoms with E-state index >= 15 is 0 Å². The summed E-state index contributed by atoms with van der Waals surface area (Å²) in [5.74, 6) is 1.13. The second-order valence-corrected chi connectivity index (χ2v) is 4.29. The van der Waals surface area contributed by atoms with Crippen molar-refractivity contribution in [3.63, 3.8) is 0 Å². The Bertz CT molecular complexity index is 583. The first kappa shape index (κ1) is 14.8. The molecule has 0 aliphatic heterocycles. The van der Waals surface area contributed by atoms with Crippen molar-refractivity contribution in [3.8, 4) is 17.2 Å². The van der Waals surface area contributed by atoms with Gasteiger partial charge >= 0.3 is 0 Å². The van der Waals surface area contributed by atoms with Gasteiger partial charge in [0.1, 0.15) is 0 Å². The zero-order valence-corrected chi connectivity index (χ0v) is 12.2. The highest BCUT2D eigenvalue weighted by Gasteiger charge is 2.16. The van der Waals surface area contributed by atoms with Gasteiger partial charge in [-0.25, -0.2) is 0 Å². The minimum absolute atomic E-state index is 0.219. The van der Waals surface area contributed by atoms with Crippen molar-refractivity contribution < 1.29 is 19.0 Å². The molecule has 2 rings (SSSR count). The molecule has 0 aliphatic carbocycles. The van der Waals surface area contributed by atoms with E-state index in [0.717, 1.165) is 5.69 Å². The Hall–Kier alpha value is -2.63. The molecule has 6 nitrogen and oxygen atoms in total. The molecule has 1 amide bonds. The number of carbonyl (C=O) groups is 1. The molecule has 0 spiro atoms. The normalized spacial score (nSPS) is 10.0. The van der Waals surface area contributed by atoms with Crippen molar-refractivity contribution in [2.24, 2.45) is 0 Å². The molecule has 2 aromatic rings. The maximum Gasteiger partial charge on any atom is 0.251 e. The quantitative estimate of drug-likeness (QED) is 0.853.